The molecule has 0 fully saturated rings. The number of para-hydroxylation sites is 3. The van der Waals surface area contributed by atoms with Crippen molar-refractivity contribution < 1.29 is 9.30 Å². The van der Waals surface area contributed by atoms with E-state index < -0.39 is 0 Å². The molecule has 0 N–H and O–H groups in total. The molecule has 1 aliphatic rings. The molecule has 0 unspecified atom stereocenters. The summed E-state index contributed by atoms with van der Waals surface area (Å²) >= 11 is 0. The lowest BCUT2D eigenvalue weighted by Crippen LogP contribution is -2.43. The molecule has 0 spiro atoms. The molecule has 5 nitrogen and oxygen atoms in total. The van der Waals surface area contributed by atoms with Gasteiger partial charge in [0.1, 0.15) is 17.3 Å². The molecule has 3 heterocycles. The second-order valence-corrected chi connectivity index (χ2v) is 17.6. The summed E-state index contributed by atoms with van der Waals surface area (Å²) in [6, 6.07) is 42.9. The van der Waals surface area contributed by atoms with Gasteiger partial charge in [0, 0.05) is 23.0 Å². The molecule has 3 aromatic heterocycles. The quantitative estimate of drug-likeness (QED) is 0.132. The van der Waals surface area contributed by atoms with E-state index in [0.29, 0.717) is 0 Å². The van der Waals surface area contributed by atoms with Crippen molar-refractivity contribution in [3.63, 3.8) is 0 Å². The van der Waals surface area contributed by atoms with Gasteiger partial charge in [-0.25, -0.2) is 4.98 Å². The number of rotatable bonds is 5. The van der Waals surface area contributed by atoms with Crippen LogP contribution in [0.3, 0.4) is 0 Å². The number of imidazole rings is 1. The van der Waals surface area contributed by atoms with Gasteiger partial charge < -0.3 is 4.74 Å². The molecule has 0 saturated carbocycles. The Kier molecular flexibility index (Phi) is 7.36. The highest BCUT2D eigenvalue weighted by Crippen LogP contribution is 2.62. The lowest BCUT2D eigenvalue weighted by molar-refractivity contribution is -0.573. The van der Waals surface area contributed by atoms with Crippen LogP contribution in [-0.4, -0.2) is 14.1 Å². The van der Waals surface area contributed by atoms with E-state index in [9.17, 15) is 0 Å². The topological polar surface area (TPSA) is 35.9 Å². The van der Waals surface area contributed by atoms with Crippen LogP contribution >= 0.6 is 0 Å². The number of hydrogen-bond acceptors (Lipinski definition) is 2. The Morgan fingerprint density at radius 2 is 1.35 bits per heavy atom. The fourth-order valence-corrected chi connectivity index (χ4v) is 8.86. The van der Waals surface area contributed by atoms with Crippen LogP contribution in [0.5, 0.6) is 11.5 Å². The van der Waals surface area contributed by atoms with Crippen LogP contribution in [0.1, 0.15) is 79.0 Å². The zero-order chi connectivity index (χ0) is 37.8. The van der Waals surface area contributed by atoms with Crippen LogP contribution in [0, 0.1) is 11.7 Å². The summed E-state index contributed by atoms with van der Waals surface area (Å²) in [5.74, 6) is 2.42. The highest BCUT2D eigenvalue weighted by Gasteiger charge is 2.57. The molecule has 0 radical (unpaired) electrons. The Morgan fingerprint density at radius 3 is 2.15 bits per heavy atom. The van der Waals surface area contributed by atoms with Gasteiger partial charge in [-0.3, -0.25) is 13.7 Å². The van der Waals surface area contributed by atoms with E-state index in [0.717, 1.165) is 50.5 Å². The maximum atomic E-state index is 6.68. The average molecular weight is 709 g/mol. The lowest BCUT2D eigenvalue weighted by Gasteiger charge is -2.45. The first-order chi connectivity index (χ1) is 25.7. The van der Waals surface area contributed by atoms with Gasteiger partial charge in [0.15, 0.2) is 0 Å². The molecule has 5 aromatic carbocycles. The molecule has 270 valence electrons. The first kappa shape index (κ1) is 34.1. The van der Waals surface area contributed by atoms with E-state index in [4.69, 9.17) is 9.72 Å². The Morgan fingerprint density at radius 1 is 0.648 bits per heavy atom. The minimum Gasteiger partial charge on any atom is -0.458 e. The summed E-state index contributed by atoms with van der Waals surface area (Å²) in [7, 11) is 0. The first-order valence-electron chi connectivity index (χ1n) is 19.1. The molecule has 0 saturated heterocycles. The molecule has 0 bridgehead atoms. The number of nitrogens with zero attached hydrogens (tertiary/aromatic N) is 4. The van der Waals surface area contributed by atoms with Crippen molar-refractivity contribution >= 4 is 32.8 Å². The molecule has 5 heteroatoms. The highest BCUT2D eigenvalue weighted by atomic mass is 16.5. The van der Waals surface area contributed by atoms with E-state index >= 15 is 0 Å². The van der Waals surface area contributed by atoms with Gasteiger partial charge in [-0.05, 0) is 92.9 Å². The van der Waals surface area contributed by atoms with Crippen molar-refractivity contribution in [2.24, 2.45) is 5.41 Å². The fraction of sp³-hybridized carbons (Fsp3) is 0.265. The Hall–Kier alpha value is -5.68. The normalized spacial score (nSPS) is 15.9. The summed E-state index contributed by atoms with van der Waals surface area (Å²) < 4.78 is 13.4. The number of ether oxygens (including phenoxy) is 1. The van der Waals surface area contributed by atoms with Gasteiger partial charge in [-0.15, -0.1) is 0 Å². The summed E-state index contributed by atoms with van der Waals surface area (Å²) in [6.07, 6.45) is 5.70. The second kappa shape index (κ2) is 11.7. The smallest absolute Gasteiger partial charge is 0.269 e. The van der Waals surface area contributed by atoms with Crippen molar-refractivity contribution in [3.8, 4) is 28.7 Å². The van der Waals surface area contributed by atoms with Crippen molar-refractivity contribution in [2.45, 2.75) is 78.6 Å². The van der Waals surface area contributed by atoms with Crippen LogP contribution < -0.4 is 9.30 Å². The largest absolute Gasteiger partial charge is 0.458 e. The Labute approximate surface area is 318 Å². The molecule has 0 aliphatic heterocycles. The predicted octanol–water partition coefficient (Wildman–Crippen LogP) is 11.9. The van der Waals surface area contributed by atoms with Gasteiger partial charge in [0.05, 0.1) is 33.4 Å². The van der Waals surface area contributed by atoms with Crippen molar-refractivity contribution in [1.82, 2.24) is 14.1 Å². The molecular weight excluding hydrogens is 661 g/mol. The number of aromatic nitrogens is 4. The average Bonchev–Trinajstić information content (AvgIpc) is 3.73. The summed E-state index contributed by atoms with van der Waals surface area (Å²) in [6.45, 7) is 21.1. The third-order valence-corrected chi connectivity index (χ3v) is 13.1. The maximum absolute atomic E-state index is 6.68. The third kappa shape index (κ3) is 4.90. The Balaban J connectivity index is 1.14. The SMILES string of the molecule is CC(C)(C)c1ccnc(-n2c3ccccc3c3ccc(Oc4cccc(-n5[c-][n+](-c6cccc7c6C(C)(C)C(C)(C)C7(C)C)c6ccccc65)c4)cc32)c1. The van der Waals surface area contributed by atoms with Crippen molar-refractivity contribution in [2.75, 3.05) is 0 Å². The second-order valence-electron chi connectivity index (χ2n) is 17.6. The van der Waals surface area contributed by atoms with Crippen molar-refractivity contribution in [1.29, 1.82) is 0 Å². The monoisotopic (exact) mass is 708 g/mol. The van der Waals surface area contributed by atoms with E-state index in [1.165, 1.54) is 27.8 Å². The van der Waals surface area contributed by atoms with E-state index in [1.54, 1.807) is 0 Å². The summed E-state index contributed by atoms with van der Waals surface area (Å²) in [5, 5.41) is 2.35. The fourth-order valence-electron chi connectivity index (χ4n) is 8.86. The van der Waals surface area contributed by atoms with E-state index in [-0.39, 0.29) is 21.7 Å². The van der Waals surface area contributed by atoms with Gasteiger partial charge in [-0.2, -0.15) is 0 Å². The van der Waals surface area contributed by atoms with Gasteiger partial charge >= 0.3 is 0 Å². The molecular formula is C49H48N4O. The van der Waals surface area contributed by atoms with Crippen LogP contribution in [0.25, 0.3) is 50.0 Å². The van der Waals surface area contributed by atoms with Crippen LogP contribution in [0.2, 0.25) is 0 Å². The molecule has 8 aromatic rings. The standard InChI is InChI=1S/C49H48N4O/c1-46(2,3)32-26-27-50-44(28-32)53-39-20-11-10-18-36(39)37-25-24-35(30-43(37)53)54-34-17-14-16-33(29-34)51-31-52(41-22-13-12-21-40(41)51)42-23-15-19-38-45(42)48(6,7)49(8,9)47(38,4)5/h10-30H,1-9H3. The van der Waals surface area contributed by atoms with E-state index in [2.05, 4.69) is 198 Å². The third-order valence-electron chi connectivity index (χ3n) is 13.1. The van der Waals surface area contributed by atoms with Gasteiger partial charge in [0.2, 0.25) is 0 Å². The number of hydrogen-bond donors (Lipinski definition) is 0. The minimum atomic E-state index is -0.0571. The minimum absolute atomic E-state index is 0.00300. The van der Waals surface area contributed by atoms with Gasteiger partial charge in [0.25, 0.3) is 6.33 Å². The van der Waals surface area contributed by atoms with Crippen LogP contribution in [0.4, 0.5) is 0 Å². The number of benzene rings is 5. The highest BCUT2D eigenvalue weighted by molar-refractivity contribution is 6.09. The maximum Gasteiger partial charge on any atom is 0.269 e. The zero-order valence-corrected chi connectivity index (χ0v) is 32.8. The van der Waals surface area contributed by atoms with Crippen LogP contribution in [0.15, 0.2) is 128 Å². The summed E-state index contributed by atoms with van der Waals surface area (Å²) in [5.41, 5.74) is 10.6. The summed E-state index contributed by atoms with van der Waals surface area (Å²) in [4.78, 5) is 4.86. The molecule has 54 heavy (non-hydrogen) atoms. The van der Waals surface area contributed by atoms with Gasteiger partial charge in [-0.1, -0.05) is 123 Å². The lowest BCUT2D eigenvalue weighted by atomic mass is 9.59. The van der Waals surface area contributed by atoms with E-state index in [1.807, 2.05) is 12.3 Å². The molecule has 0 amide bonds. The Bertz CT molecular complexity index is 2770. The number of fused-ring (bicyclic) bond motifs is 5. The molecule has 9 rings (SSSR count). The zero-order valence-electron chi connectivity index (χ0n) is 32.8. The molecule has 1 aliphatic carbocycles. The van der Waals surface area contributed by atoms with Crippen molar-refractivity contribution in [3.05, 3.63) is 151 Å². The van der Waals surface area contributed by atoms with Crippen LogP contribution in [-0.2, 0) is 16.2 Å². The first-order valence-corrected chi connectivity index (χ1v) is 19.1. The predicted molar refractivity (Wildman–Crippen MR) is 221 cm³/mol. The molecule has 0 atom stereocenters. The number of pyridine rings is 1.